The zero-order valence-corrected chi connectivity index (χ0v) is 18.2. The SMILES string of the molecule is CCOC(=O)C1=NN(c2ccc(C)cc2)C2(C)CC(c3ccccc3)N(C)CCN12. The maximum atomic E-state index is 12.8. The lowest BCUT2D eigenvalue weighted by Crippen LogP contribution is -2.55. The Balaban J connectivity index is 1.78. The molecule has 0 amide bonds. The summed E-state index contributed by atoms with van der Waals surface area (Å²) in [6.07, 6.45) is 0.799. The molecule has 0 radical (unpaired) electrons. The predicted octanol–water partition coefficient (Wildman–Crippen LogP) is 3.79. The van der Waals surface area contributed by atoms with E-state index in [9.17, 15) is 4.79 Å². The zero-order chi connectivity index (χ0) is 21.3. The van der Waals surface area contributed by atoms with Crippen molar-refractivity contribution in [1.29, 1.82) is 0 Å². The molecule has 2 heterocycles. The van der Waals surface area contributed by atoms with E-state index in [1.54, 1.807) is 0 Å². The van der Waals surface area contributed by atoms with Gasteiger partial charge in [0.25, 0.3) is 0 Å². The van der Waals surface area contributed by atoms with Crippen LogP contribution in [0.1, 0.15) is 37.4 Å². The van der Waals surface area contributed by atoms with E-state index in [1.165, 1.54) is 11.1 Å². The van der Waals surface area contributed by atoms with Gasteiger partial charge in [-0.15, -0.1) is 5.10 Å². The van der Waals surface area contributed by atoms with Crippen LogP contribution in [-0.4, -0.2) is 54.0 Å². The average Bonchev–Trinajstić information content (AvgIpc) is 2.96. The van der Waals surface area contributed by atoms with E-state index in [1.807, 2.05) is 18.0 Å². The Morgan fingerprint density at radius 1 is 1.13 bits per heavy atom. The van der Waals surface area contributed by atoms with Gasteiger partial charge in [-0.3, -0.25) is 4.90 Å². The van der Waals surface area contributed by atoms with E-state index in [-0.39, 0.29) is 12.0 Å². The first-order chi connectivity index (χ1) is 14.4. The van der Waals surface area contributed by atoms with E-state index < -0.39 is 5.66 Å². The number of nitrogens with zero attached hydrogens (tertiary/aromatic N) is 4. The van der Waals surface area contributed by atoms with Crippen LogP contribution in [0.4, 0.5) is 5.69 Å². The summed E-state index contributed by atoms with van der Waals surface area (Å²) in [5.41, 5.74) is 2.96. The predicted molar refractivity (Wildman–Crippen MR) is 119 cm³/mol. The van der Waals surface area contributed by atoms with Gasteiger partial charge in [0.15, 0.2) is 0 Å². The first-order valence-corrected chi connectivity index (χ1v) is 10.6. The number of hydrogen-bond acceptors (Lipinski definition) is 6. The second kappa shape index (κ2) is 8.11. The van der Waals surface area contributed by atoms with Crippen LogP contribution in [0.15, 0.2) is 59.7 Å². The number of hydrogen-bond donors (Lipinski definition) is 0. The van der Waals surface area contributed by atoms with Gasteiger partial charge in [-0.1, -0.05) is 48.0 Å². The number of hydrazone groups is 1. The first-order valence-electron chi connectivity index (χ1n) is 10.6. The number of rotatable bonds is 4. The third-order valence-corrected chi connectivity index (χ3v) is 6.20. The summed E-state index contributed by atoms with van der Waals surface area (Å²) in [4.78, 5) is 17.3. The van der Waals surface area contributed by atoms with Gasteiger partial charge in [-0.05, 0) is 45.5 Å². The molecule has 1 fully saturated rings. The molecule has 0 N–H and O–H groups in total. The number of carbonyl (C=O) groups is 1. The fraction of sp³-hybridized carbons (Fsp3) is 0.417. The molecule has 2 aliphatic rings. The summed E-state index contributed by atoms with van der Waals surface area (Å²) in [6, 6.07) is 19.1. The van der Waals surface area contributed by atoms with E-state index in [0.717, 1.165) is 18.7 Å². The Hall–Kier alpha value is -2.86. The van der Waals surface area contributed by atoms with Crippen LogP contribution in [0.3, 0.4) is 0 Å². The molecule has 0 bridgehead atoms. The Labute approximate surface area is 178 Å². The van der Waals surface area contributed by atoms with Crippen LogP contribution in [0.25, 0.3) is 0 Å². The van der Waals surface area contributed by atoms with Crippen molar-refractivity contribution in [3.05, 3.63) is 65.7 Å². The molecule has 0 spiro atoms. The van der Waals surface area contributed by atoms with Gasteiger partial charge in [-0.2, -0.15) is 0 Å². The van der Waals surface area contributed by atoms with Crippen molar-refractivity contribution in [3.8, 4) is 0 Å². The van der Waals surface area contributed by atoms with Crippen molar-refractivity contribution >= 4 is 17.5 Å². The standard InChI is InChI=1S/C24H30N4O2/c1-5-30-23(29)22-25-28(20-13-11-18(2)12-14-20)24(3)17-21(19-9-7-6-8-10-19)26(4)15-16-27(22)24/h6-14,21H,5,15-17H2,1-4H3. The quantitative estimate of drug-likeness (QED) is 0.723. The van der Waals surface area contributed by atoms with Gasteiger partial charge in [0.05, 0.1) is 12.3 Å². The van der Waals surface area contributed by atoms with Crippen LogP contribution < -0.4 is 5.01 Å². The minimum Gasteiger partial charge on any atom is -0.460 e. The number of likely N-dealkylation sites (N-methyl/N-ethyl adjacent to an activating group) is 1. The van der Waals surface area contributed by atoms with E-state index >= 15 is 0 Å². The lowest BCUT2D eigenvalue weighted by molar-refractivity contribution is -0.136. The van der Waals surface area contributed by atoms with E-state index in [2.05, 4.69) is 79.2 Å². The van der Waals surface area contributed by atoms with Gasteiger partial charge in [0, 0.05) is 25.6 Å². The van der Waals surface area contributed by atoms with Gasteiger partial charge in [0.1, 0.15) is 5.66 Å². The number of esters is 1. The molecule has 6 nitrogen and oxygen atoms in total. The molecule has 6 heteroatoms. The molecule has 2 aromatic carbocycles. The lowest BCUT2D eigenvalue weighted by atomic mass is 9.94. The fourth-order valence-corrected chi connectivity index (χ4v) is 4.49. The summed E-state index contributed by atoms with van der Waals surface area (Å²) in [5.74, 6) is 0.0289. The van der Waals surface area contributed by atoms with E-state index in [4.69, 9.17) is 9.84 Å². The van der Waals surface area contributed by atoms with Crippen molar-refractivity contribution in [1.82, 2.24) is 9.80 Å². The number of carbonyl (C=O) groups excluding carboxylic acids is 1. The maximum Gasteiger partial charge on any atom is 0.376 e. The maximum absolute atomic E-state index is 12.8. The number of anilines is 1. The van der Waals surface area contributed by atoms with Crippen LogP contribution in [0.5, 0.6) is 0 Å². The second-order valence-corrected chi connectivity index (χ2v) is 8.27. The first kappa shape index (κ1) is 20.4. The van der Waals surface area contributed by atoms with Gasteiger partial charge >= 0.3 is 5.97 Å². The van der Waals surface area contributed by atoms with Crippen LogP contribution in [0, 0.1) is 6.92 Å². The van der Waals surface area contributed by atoms with Crippen LogP contribution in [-0.2, 0) is 9.53 Å². The largest absolute Gasteiger partial charge is 0.460 e. The normalized spacial score (nSPS) is 24.3. The lowest BCUT2D eigenvalue weighted by Gasteiger charge is -2.42. The Bertz CT molecular complexity index is 928. The molecule has 0 saturated carbocycles. The van der Waals surface area contributed by atoms with Crippen molar-refractivity contribution in [2.24, 2.45) is 5.10 Å². The summed E-state index contributed by atoms with van der Waals surface area (Å²) >= 11 is 0. The van der Waals surface area contributed by atoms with Crippen molar-refractivity contribution in [2.75, 3.05) is 31.8 Å². The smallest absolute Gasteiger partial charge is 0.376 e. The highest BCUT2D eigenvalue weighted by Crippen LogP contribution is 2.42. The minimum absolute atomic E-state index is 0.214. The third-order valence-electron chi connectivity index (χ3n) is 6.20. The zero-order valence-electron chi connectivity index (χ0n) is 18.2. The highest BCUT2D eigenvalue weighted by Gasteiger charge is 2.51. The number of fused-ring (bicyclic) bond motifs is 1. The minimum atomic E-state index is -0.484. The van der Waals surface area contributed by atoms with Crippen molar-refractivity contribution in [2.45, 2.75) is 38.9 Å². The average molecular weight is 407 g/mol. The molecule has 2 aromatic rings. The third kappa shape index (κ3) is 3.56. The second-order valence-electron chi connectivity index (χ2n) is 8.27. The summed E-state index contributed by atoms with van der Waals surface area (Å²) in [7, 11) is 2.15. The van der Waals surface area contributed by atoms with Gasteiger partial charge in [0.2, 0.25) is 5.84 Å². The van der Waals surface area contributed by atoms with Crippen molar-refractivity contribution in [3.63, 3.8) is 0 Å². The van der Waals surface area contributed by atoms with Crippen molar-refractivity contribution < 1.29 is 9.53 Å². The molecular weight excluding hydrogens is 376 g/mol. The van der Waals surface area contributed by atoms with Crippen LogP contribution in [0.2, 0.25) is 0 Å². The number of ether oxygens (including phenoxy) is 1. The number of benzene rings is 2. The number of amidine groups is 1. The summed E-state index contributed by atoms with van der Waals surface area (Å²) in [6.45, 7) is 7.94. The highest BCUT2D eigenvalue weighted by molar-refractivity contribution is 6.36. The molecule has 0 aliphatic carbocycles. The Morgan fingerprint density at radius 2 is 1.83 bits per heavy atom. The molecule has 2 unspecified atom stereocenters. The van der Waals surface area contributed by atoms with Gasteiger partial charge < -0.3 is 9.64 Å². The van der Waals surface area contributed by atoms with Gasteiger partial charge in [-0.25, -0.2) is 9.80 Å². The Morgan fingerprint density at radius 3 is 2.50 bits per heavy atom. The Kier molecular flexibility index (Phi) is 5.52. The van der Waals surface area contributed by atoms with Crippen LogP contribution >= 0.6 is 0 Å². The summed E-state index contributed by atoms with van der Waals surface area (Å²) < 4.78 is 5.35. The number of aryl methyl sites for hydroxylation is 1. The molecule has 2 atom stereocenters. The topological polar surface area (TPSA) is 48.4 Å². The monoisotopic (exact) mass is 406 g/mol. The summed E-state index contributed by atoms with van der Waals surface area (Å²) in [5, 5.41) is 6.81. The molecule has 2 aliphatic heterocycles. The molecule has 1 saturated heterocycles. The fourth-order valence-electron chi connectivity index (χ4n) is 4.49. The molecule has 158 valence electrons. The molecule has 30 heavy (non-hydrogen) atoms. The highest BCUT2D eigenvalue weighted by atomic mass is 16.5. The molecule has 4 rings (SSSR count). The van der Waals surface area contributed by atoms with E-state index in [0.29, 0.717) is 19.0 Å². The molecule has 0 aromatic heterocycles. The molecular formula is C24H30N4O2.